The number of aliphatic carboxylic acids is 1. The lowest BCUT2D eigenvalue weighted by Gasteiger charge is -2.52. The van der Waals surface area contributed by atoms with E-state index in [9.17, 15) is 23.5 Å². The van der Waals surface area contributed by atoms with Crippen LogP contribution in [0, 0.1) is 11.6 Å². The number of hydrogen-bond acceptors (Lipinski definition) is 3. The van der Waals surface area contributed by atoms with Gasteiger partial charge in [-0.25, -0.2) is 13.6 Å². The molecule has 0 aliphatic carbocycles. The number of morpholine rings is 1. The van der Waals surface area contributed by atoms with Crippen molar-refractivity contribution in [3.8, 4) is 0 Å². The molecule has 1 aliphatic heterocycles. The largest absolute Gasteiger partial charge is 0.479 e. The molecule has 228 valence electrons. The number of hydrogen-bond donors (Lipinski definition) is 1. The Morgan fingerprint density at radius 3 is 2.05 bits per heavy atom. The molecule has 4 atom stereocenters. The Balaban J connectivity index is 1.74. The molecule has 0 bridgehead atoms. The Labute approximate surface area is 265 Å². The summed E-state index contributed by atoms with van der Waals surface area (Å²) in [7, 11) is 0. The van der Waals surface area contributed by atoms with Gasteiger partial charge < -0.3 is 14.7 Å². The Kier molecular flexibility index (Phi) is 9.68. The normalized spacial score (nSPS) is 19.9. The van der Waals surface area contributed by atoms with Gasteiger partial charge in [0.2, 0.25) is 0 Å². The van der Waals surface area contributed by atoms with Gasteiger partial charge in [-0.2, -0.15) is 0 Å². The number of carbonyl (C=O) groups is 2. The fourth-order valence-corrected chi connectivity index (χ4v) is 6.37. The van der Waals surface area contributed by atoms with Gasteiger partial charge in [0.05, 0.1) is 6.04 Å². The quantitative estimate of drug-likeness (QED) is 0.190. The third kappa shape index (κ3) is 6.65. The summed E-state index contributed by atoms with van der Waals surface area (Å²) in [5.41, 5.74) is 0.737. The molecule has 1 amide bonds. The zero-order chi connectivity index (χ0) is 31.4. The highest BCUT2D eigenvalue weighted by molar-refractivity contribution is 6.30. The molecule has 0 aromatic heterocycles. The first kappa shape index (κ1) is 31.6. The van der Waals surface area contributed by atoms with E-state index in [1.807, 2.05) is 13.0 Å². The minimum atomic E-state index is -1.74. The molecule has 0 saturated carbocycles. The summed E-state index contributed by atoms with van der Waals surface area (Å²) in [5, 5.41) is 12.0. The van der Waals surface area contributed by atoms with E-state index >= 15 is 0 Å². The fourth-order valence-electron chi connectivity index (χ4n) is 6.05. The van der Waals surface area contributed by atoms with Gasteiger partial charge in [-0.05, 0) is 77.2 Å². The summed E-state index contributed by atoms with van der Waals surface area (Å²) in [6, 6.07) is 24.4. The van der Waals surface area contributed by atoms with E-state index in [0.29, 0.717) is 38.7 Å². The van der Waals surface area contributed by atoms with Crippen LogP contribution in [0.2, 0.25) is 10.0 Å². The predicted octanol–water partition coefficient (Wildman–Crippen LogP) is 8.39. The van der Waals surface area contributed by atoms with Crippen molar-refractivity contribution in [2.75, 3.05) is 0 Å². The van der Waals surface area contributed by atoms with Crippen LogP contribution < -0.4 is 0 Å². The Morgan fingerprint density at radius 2 is 1.48 bits per heavy atom. The van der Waals surface area contributed by atoms with Crippen LogP contribution in [0.5, 0.6) is 0 Å². The number of carboxylic acids is 1. The third-order valence-electron chi connectivity index (χ3n) is 8.04. The molecular formula is C35H31Cl2F2NO4. The monoisotopic (exact) mass is 637 g/mol. The molecule has 1 aliphatic rings. The van der Waals surface area contributed by atoms with Gasteiger partial charge in [0, 0.05) is 22.9 Å². The third-order valence-corrected chi connectivity index (χ3v) is 8.53. The molecule has 1 heterocycles. The van der Waals surface area contributed by atoms with Crippen LogP contribution >= 0.6 is 23.2 Å². The lowest BCUT2D eigenvalue weighted by molar-refractivity contribution is -0.195. The highest BCUT2D eigenvalue weighted by Gasteiger charge is 2.56. The van der Waals surface area contributed by atoms with Gasteiger partial charge in [0.25, 0.3) is 5.91 Å². The van der Waals surface area contributed by atoms with Gasteiger partial charge in [0.1, 0.15) is 29.4 Å². The Bertz CT molecular complexity index is 1620. The molecule has 4 aromatic carbocycles. The van der Waals surface area contributed by atoms with Crippen molar-refractivity contribution >= 4 is 35.1 Å². The first-order valence-corrected chi connectivity index (χ1v) is 15.1. The van der Waals surface area contributed by atoms with Crippen molar-refractivity contribution in [3.63, 3.8) is 0 Å². The van der Waals surface area contributed by atoms with Crippen LogP contribution in [0.1, 0.15) is 54.2 Å². The Hall–Kier alpha value is -3.78. The van der Waals surface area contributed by atoms with E-state index < -0.39 is 47.3 Å². The first-order valence-electron chi connectivity index (χ1n) is 14.3. The number of benzene rings is 4. The predicted molar refractivity (Wildman–Crippen MR) is 166 cm³/mol. The van der Waals surface area contributed by atoms with Crippen LogP contribution in [-0.2, 0) is 27.2 Å². The molecule has 44 heavy (non-hydrogen) atoms. The van der Waals surface area contributed by atoms with Gasteiger partial charge >= 0.3 is 5.97 Å². The molecule has 0 spiro atoms. The molecular weight excluding hydrogens is 607 g/mol. The zero-order valence-corrected chi connectivity index (χ0v) is 25.4. The van der Waals surface area contributed by atoms with Gasteiger partial charge in [0.15, 0.2) is 0 Å². The second kappa shape index (κ2) is 13.5. The van der Waals surface area contributed by atoms with Crippen LogP contribution in [0.4, 0.5) is 8.78 Å². The maximum absolute atomic E-state index is 14.7. The van der Waals surface area contributed by atoms with E-state index in [1.165, 1.54) is 41.3 Å². The van der Waals surface area contributed by atoms with Crippen molar-refractivity contribution < 1.29 is 28.2 Å². The summed E-state index contributed by atoms with van der Waals surface area (Å²) in [4.78, 5) is 29.7. The maximum Gasteiger partial charge on any atom is 0.330 e. The number of carbonyl (C=O) groups excluding carboxylic acids is 1. The fraction of sp³-hybridized carbons (Fsp3) is 0.257. The molecule has 0 radical (unpaired) electrons. The molecule has 5 rings (SSSR count). The lowest BCUT2D eigenvalue weighted by Crippen LogP contribution is -2.65. The van der Waals surface area contributed by atoms with Gasteiger partial charge in [-0.3, -0.25) is 4.79 Å². The van der Waals surface area contributed by atoms with Crippen molar-refractivity contribution in [3.05, 3.63) is 141 Å². The van der Waals surface area contributed by atoms with Gasteiger partial charge in [-0.1, -0.05) is 85.1 Å². The van der Waals surface area contributed by atoms with E-state index in [-0.39, 0.29) is 19.3 Å². The van der Waals surface area contributed by atoms with E-state index in [1.54, 1.807) is 54.6 Å². The summed E-state index contributed by atoms with van der Waals surface area (Å²) < 4.78 is 34.2. The van der Waals surface area contributed by atoms with E-state index in [2.05, 4.69) is 0 Å². The first-order chi connectivity index (χ1) is 21.1. The van der Waals surface area contributed by atoms with Crippen LogP contribution in [0.15, 0.2) is 97.1 Å². The van der Waals surface area contributed by atoms with Crippen LogP contribution in [0.25, 0.3) is 0 Å². The number of ether oxygens (including phenoxy) is 1. The summed E-state index contributed by atoms with van der Waals surface area (Å²) >= 11 is 12.7. The Morgan fingerprint density at radius 1 is 0.864 bits per heavy atom. The summed E-state index contributed by atoms with van der Waals surface area (Å²) in [6.45, 7) is 1.86. The summed E-state index contributed by atoms with van der Waals surface area (Å²) in [5.74, 6) is -2.58. The zero-order valence-electron chi connectivity index (χ0n) is 23.9. The molecule has 4 aromatic rings. The van der Waals surface area contributed by atoms with Crippen molar-refractivity contribution in [2.45, 2.75) is 56.4 Å². The molecule has 1 fully saturated rings. The highest BCUT2D eigenvalue weighted by atomic mass is 35.5. The van der Waals surface area contributed by atoms with Crippen LogP contribution in [-0.4, -0.2) is 33.5 Å². The van der Waals surface area contributed by atoms with Crippen molar-refractivity contribution in [1.29, 1.82) is 0 Å². The smallest absolute Gasteiger partial charge is 0.330 e. The van der Waals surface area contributed by atoms with E-state index in [0.717, 1.165) is 0 Å². The number of amides is 1. The van der Waals surface area contributed by atoms with E-state index in [4.69, 9.17) is 27.9 Å². The molecule has 9 heteroatoms. The minimum Gasteiger partial charge on any atom is -0.479 e. The maximum atomic E-state index is 14.7. The number of halogens is 4. The number of nitrogens with zero attached hydrogens (tertiary/aromatic N) is 1. The van der Waals surface area contributed by atoms with Gasteiger partial charge in [-0.15, -0.1) is 0 Å². The summed E-state index contributed by atoms with van der Waals surface area (Å²) in [6.07, 6.45) is -1.37. The van der Waals surface area contributed by atoms with Crippen LogP contribution in [0.3, 0.4) is 0 Å². The second-order valence-electron chi connectivity index (χ2n) is 11.0. The number of carboxylic acid groups (broad SMARTS) is 1. The highest BCUT2D eigenvalue weighted by Crippen LogP contribution is 2.48. The average Bonchev–Trinajstić information content (AvgIpc) is 3.00. The number of rotatable bonds is 10. The average molecular weight is 639 g/mol. The standard InChI is InChI=1S/C35H31Cl2F2NO4/c1-2-18-35(34(42)43,21-23-8-16-29(39)17-9-23)40-31(24-10-12-26(36)13-11-24)32(25-4-3-5-27(37)20-25)44-30(33(40)41)19-22-6-14-28(38)15-7-22/h3-17,20,30-32H,2,18-19,21H2,1H3,(H,42,43)/t30-,31+,32-,35-/m1/s1. The minimum absolute atomic E-state index is 0.0716. The second-order valence-corrected chi connectivity index (χ2v) is 11.9. The molecule has 1 N–H and O–H groups in total. The van der Waals surface area contributed by atoms with Crippen molar-refractivity contribution in [2.24, 2.45) is 0 Å². The topological polar surface area (TPSA) is 66.8 Å². The molecule has 0 unspecified atom stereocenters. The lowest BCUT2D eigenvalue weighted by atomic mass is 9.79. The van der Waals surface area contributed by atoms with Crippen molar-refractivity contribution in [1.82, 2.24) is 4.90 Å². The SMILES string of the molecule is CCC[C@@](Cc1ccc(F)cc1)(C(=O)O)N1C(=O)[C@@H](Cc2ccc(F)cc2)O[C@H](c2cccc(Cl)c2)[C@@H]1c1ccc(Cl)cc1. The molecule has 1 saturated heterocycles. The molecule has 5 nitrogen and oxygen atoms in total.